The normalized spacial score (nSPS) is 12.7. The monoisotopic (exact) mass is 285 g/mol. The minimum atomic E-state index is -1.12. The van der Waals surface area contributed by atoms with Crippen molar-refractivity contribution >= 4 is 11.9 Å². The van der Waals surface area contributed by atoms with Gasteiger partial charge in [-0.1, -0.05) is 0 Å². The van der Waals surface area contributed by atoms with Gasteiger partial charge in [-0.3, -0.25) is 4.79 Å². The van der Waals surface area contributed by atoms with Crippen LogP contribution < -0.4 is 5.32 Å². The van der Waals surface area contributed by atoms with E-state index in [4.69, 9.17) is 4.74 Å². The van der Waals surface area contributed by atoms with Crippen LogP contribution in [-0.4, -0.2) is 23.5 Å². The highest BCUT2D eigenvalue weighted by atomic mass is 19.2. The zero-order chi connectivity index (χ0) is 15.5. The summed E-state index contributed by atoms with van der Waals surface area (Å²) >= 11 is 0. The van der Waals surface area contributed by atoms with Gasteiger partial charge in [0.25, 0.3) is 5.91 Å². The summed E-state index contributed by atoms with van der Waals surface area (Å²) in [5, 5.41) is 2.36. The third-order valence-corrected chi connectivity index (χ3v) is 2.29. The highest BCUT2D eigenvalue weighted by Gasteiger charge is 2.23. The van der Waals surface area contributed by atoms with Gasteiger partial charge in [0.1, 0.15) is 11.6 Å². The first-order valence-electron chi connectivity index (χ1n) is 6.09. The van der Waals surface area contributed by atoms with Crippen molar-refractivity contribution in [1.82, 2.24) is 5.32 Å². The summed E-state index contributed by atoms with van der Waals surface area (Å²) in [5.74, 6) is -3.44. The predicted octanol–water partition coefficient (Wildman–Crippen LogP) is 2.42. The third kappa shape index (κ3) is 4.60. The predicted molar refractivity (Wildman–Crippen MR) is 69.1 cm³/mol. The summed E-state index contributed by atoms with van der Waals surface area (Å²) in [6, 6.07) is 1.86. The fourth-order valence-electron chi connectivity index (χ4n) is 1.37. The minimum absolute atomic E-state index is 0.0701. The maximum atomic E-state index is 13.0. The van der Waals surface area contributed by atoms with E-state index in [1.807, 2.05) is 0 Å². The molecule has 0 aromatic heterocycles. The molecule has 0 saturated heterocycles. The number of amides is 1. The Kier molecular flexibility index (Phi) is 4.81. The third-order valence-electron chi connectivity index (χ3n) is 2.29. The topological polar surface area (TPSA) is 55.4 Å². The number of rotatable bonds is 3. The standard InChI is InChI=1S/C14H17F2NO3/c1-8(13(19)20-14(2,3)4)17-12(18)9-5-6-10(15)11(16)7-9/h5-8H,1-4H3,(H,17,18)/t8-/m0/s1. The Balaban J connectivity index is 2.70. The van der Waals surface area contributed by atoms with Crippen LogP contribution in [-0.2, 0) is 9.53 Å². The van der Waals surface area contributed by atoms with Crippen LogP contribution in [0.15, 0.2) is 18.2 Å². The number of ether oxygens (including phenoxy) is 1. The van der Waals surface area contributed by atoms with Gasteiger partial charge in [0, 0.05) is 5.56 Å². The maximum Gasteiger partial charge on any atom is 0.328 e. The van der Waals surface area contributed by atoms with E-state index in [0.29, 0.717) is 0 Å². The second kappa shape index (κ2) is 5.98. The van der Waals surface area contributed by atoms with E-state index in [-0.39, 0.29) is 5.56 Å². The molecule has 1 aromatic rings. The average molecular weight is 285 g/mol. The first kappa shape index (κ1) is 16.1. The molecule has 0 fully saturated rings. The maximum absolute atomic E-state index is 13.0. The summed E-state index contributed by atoms with van der Waals surface area (Å²) in [6.07, 6.45) is 0. The largest absolute Gasteiger partial charge is 0.458 e. The summed E-state index contributed by atoms with van der Waals surface area (Å²) < 4.78 is 30.9. The smallest absolute Gasteiger partial charge is 0.328 e. The molecule has 1 atom stereocenters. The fourth-order valence-corrected chi connectivity index (χ4v) is 1.37. The van der Waals surface area contributed by atoms with Crippen molar-refractivity contribution in [3.05, 3.63) is 35.4 Å². The summed E-state index contributed by atoms with van der Waals surface area (Å²) in [5.41, 5.74) is -0.739. The summed E-state index contributed by atoms with van der Waals surface area (Å²) in [7, 11) is 0. The van der Waals surface area contributed by atoms with Crippen LogP contribution in [0.2, 0.25) is 0 Å². The number of carbonyl (C=O) groups is 2. The Hall–Kier alpha value is -1.98. The average Bonchev–Trinajstić information content (AvgIpc) is 2.30. The Morgan fingerprint density at radius 1 is 1.20 bits per heavy atom. The van der Waals surface area contributed by atoms with Crippen LogP contribution in [0.5, 0.6) is 0 Å². The SMILES string of the molecule is C[C@H](NC(=O)c1ccc(F)c(F)c1)C(=O)OC(C)(C)C. The number of halogens is 2. The molecule has 0 aliphatic heterocycles. The molecule has 0 heterocycles. The van der Waals surface area contributed by atoms with E-state index < -0.39 is 35.2 Å². The second-order valence-electron chi connectivity index (χ2n) is 5.36. The van der Waals surface area contributed by atoms with E-state index in [0.717, 1.165) is 18.2 Å². The van der Waals surface area contributed by atoms with Crippen molar-refractivity contribution in [2.75, 3.05) is 0 Å². The van der Waals surface area contributed by atoms with Crippen LogP contribution in [0.4, 0.5) is 8.78 Å². The van der Waals surface area contributed by atoms with Crippen molar-refractivity contribution in [2.24, 2.45) is 0 Å². The lowest BCUT2D eigenvalue weighted by molar-refractivity contribution is -0.156. The Bertz CT molecular complexity index is 524. The van der Waals surface area contributed by atoms with Gasteiger partial charge in [-0.25, -0.2) is 13.6 Å². The Morgan fingerprint density at radius 3 is 2.30 bits per heavy atom. The van der Waals surface area contributed by atoms with E-state index in [9.17, 15) is 18.4 Å². The number of esters is 1. The Labute approximate surface area is 116 Å². The Morgan fingerprint density at radius 2 is 1.80 bits per heavy atom. The molecule has 0 bridgehead atoms. The lowest BCUT2D eigenvalue weighted by Crippen LogP contribution is -2.42. The number of hydrogen-bond donors (Lipinski definition) is 1. The fraction of sp³-hybridized carbons (Fsp3) is 0.429. The number of nitrogens with one attached hydrogen (secondary N) is 1. The van der Waals surface area contributed by atoms with Gasteiger partial charge in [0.15, 0.2) is 11.6 Å². The lowest BCUT2D eigenvalue weighted by atomic mass is 10.1. The summed E-state index contributed by atoms with van der Waals surface area (Å²) in [6.45, 7) is 6.56. The van der Waals surface area contributed by atoms with Gasteiger partial charge in [-0.15, -0.1) is 0 Å². The molecule has 1 aromatic carbocycles. The van der Waals surface area contributed by atoms with Gasteiger partial charge in [-0.2, -0.15) is 0 Å². The van der Waals surface area contributed by atoms with Crippen LogP contribution in [0, 0.1) is 11.6 Å². The molecule has 20 heavy (non-hydrogen) atoms. The molecule has 1 amide bonds. The molecule has 4 nitrogen and oxygen atoms in total. The van der Waals surface area contributed by atoms with Gasteiger partial charge < -0.3 is 10.1 Å². The number of carbonyl (C=O) groups excluding carboxylic acids is 2. The van der Waals surface area contributed by atoms with E-state index >= 15 is 0 Å². The van der Waals surface area contributed by atoms with Crippen molar-refractivity contribution in [3.63, 3.8) is 0 Å². The quantitative estimate of drug-likeness (QED) is 0.868. The second-order valence-corrected chi connectivity index (χ2v) is 5.36. The molecule has 0 aliphatic carbocycles. The molecular formula is C14H17F2NO3. The van der Waals surface area contributed by atoms with Crippen molar-refractivity contribution in [1.29, 1.82) is 0 Å². The van der Waals surface area contributed by atoms with Gasteiger partial charge >= 0.3 is 5.97 Å². The van der Waals surface area contributed by atoms with E-state index in [1.54, 1.807) is 20.8 Å². The van der Waals surface area contributed by atoms with Crippen molar-refractivity contribution < 1.29 is 23.1 Å². The van der Waals surface area contributed by atoms with E-state index in [2.05, 4.69) is 5.32 Å². The van der Waals surface area contributed by atoms with E-state index in [1.165, 1.54) is 6.92 Å². The van der Waals surface area contributed by atoms with Crippen LogP contribution >= 0.6 is 0 Å². The zero-order valence-electron chi connectivity index (χ0n) is 11.8. The van der Waals surface area contributed by atoms with Crippen LogP contribution in [0.1, 0.15) is 38.1 Å². The molecule has 0 radical (unpaired) electrons. The number of benzene rings is 1. The van der Waals surface area contributed by atoms with Gasteiger partial charge in [-0.05, 0) is 45.9 Å². The number of hydrogen-bond acceptors (Lipinski definition) is 3. The molecule has 1 rings (SSSR count). The molecule has 0 aliphatic rings. The first-order valence-corrected chi connectivity index (χ1v) is 6.09. The van der Waals surface area contributed by atoms with Crippen LogP contribution in [0.25, 0.3) is 0 Å². The molecule has 6 heteroatoms. The molecule has 1 N–H and O–H groups in total. The van der Waals surface area contributed by atoms with Crippen LogP contribution in [0.3, 0.4) is 0 Å². The highest BCUT2D eigenvalue weighted by Crippen LogP contribution is 2.10. The molecule has 110 valence electrons. The van der Waals surface area contributed by atoms with Crippen molar-refractivity contribution in [2.45, 2.75) is 39.3 Å². The minimum Gasteiger partial charge on any atom is -0.458 e. The molecular weight excluding hydrogens is 268 g/mol. The molecule has 0 spiro atoms. The van der Waals surface area contributed by atoms with Gasteiger partial charge in [0.2, 0.25) is 0 Å². The summed E-state index contributed by atoms with van der Waals surface area (Å²) in [4.78, 5) is 23.5. The molecule has 0 unspecified atom stereocenters. The first-order chi connectivity index (χ1) is 9.10. The highest BCUT2D eigenvalue weighted by molar-refractivity contribution is 5.96. The zero-order valence-corrected chi connectivity index (χ0v) is 11.8. The van der Waals surface area contributed by atoms with Crippen molar-refractivity contribution in [3.8, 4) is 0 Å². The lowest BCUT2D eigenvalue weighted by Gasteiger charge is -2.22. The van der Waals surface area contributed by atoms with Gasteiger partial charge in [0.05, 0.1) is 0 Å². The molecule has 0 saturated carbocycles.